The number of benzene rings is 3. The average Bonchev–Trinajstić information content (AvgIpc) is 3.86. The molecule has 0 spiro atoms. The van der Waals surface area contributed by atoms with Gasteiger partial charge < -0.3 is 19.9 Å². The third-order valence-electron chi connectivity index (χ3n) is 6.78. The molecule has 3 aromatic heterocycles. The number of aryl methyl sites for hydroxylation is 3. The summed E-state index contributed by atoms with van der Waals surface area (Å²) in [4.78, 5) is 33.3. The van der Waals surface area contributed by atoms with Crippen LogP contribution in [0.2, 0.25) is 0 Å². The maximum atomic E-state index is 12.7. The highest BCUT2D eigenvalue weighted by atomic mass is 127. The monoisotopic (exact) mass is 963 g/mol. The largest absolute Gasteiger partial charge is 0.416 e. The summed E-state index contributed by atoms with van der Waals surface area (Å²) in [5, 5.41) is 20.8. The molecule has 0 unspecified atom stereocenters. The number of nitro benzene ring substituents is 2. The first-order valence-corrected chi connectivity index (χ1v) is 15.2. The van der Waals surface area contributed by atoms with E-state index in [0.29, 0.717) is 23.5 Å². The molecule has 0 saturated carbocycles. The number of nitrogen functional groups attached to an aromatic ring is 1. The predicted octanol–water partition coefficient (Wildman–Crippen LogP) is 11.3. The molecule has 0 fully saturated rings. The summed E-state index contributed by atoms with van der Waals surface area (Å²) in [6.45, 7) is 5.39. The molecule has 6 aromatic rings. The average molecular weight is 964 g/mol. The van der Waals surface area contributed by atoms with Gasteiger partial charge in [-0.3, -0.25) is 20.2 Å². The Bertz CT molecular complexity index is 2270. The minimum atomic E-state index is -4.78. The first-order chi connectivity index (χ1) is 25.8. The third-order valence-corrected chi connectivity index (χ3v) is 6.78. The molecule has 0 atom stereocenters. The van der Waals surface area contributed by atoms with Gasteiger partial charge in [-0.2, -0.15) is 39.5 Å². The van der Waals surface area contributed by atoms with E-state index in [-0.39, 0.29) is 62.3 Å². The number of nitrogens with two attached hydrogens (primary N) is 1. The van der Waals surface area contributed by atoms with Gasteiger partial charge in [-0.1, -0.05) is 14.9 Å². The summed E-state index contributed by atoms with van der Waals surface area (Å²) >= 11 is 0. The Labute approximate surface area is 346 Å². The molecule has 0 aliphatic rings. The zero-order valence-electron chi connectivity index (χ0n) is 29.2. The number of alkyl halides is 9. The van der Waals surface area contributed by atoms with Crippen molar-refractivity contribution in [3.05, 3.63) is 152 Å². The third kappa shape index (κ3) is 16.4. The summed E-state index contributed by atoms with van der Waals surface area (Å²) in [7, 11) is 0. The lowest BCUT2D eigenvalue weighted by atomic mass is 10.1. The van der Waals surface area contributed by atoms with Crippen LogP contribution in [0.15, 0.2) is 92.2 Å². The number of non-ortho nitro benzene ring substituents is 2. The van der Waals surface area contributed by atoms with Crippen LogP contribution in [0, 0.1) is 46.8 Å². The second kappa shape index (κ2) is 21.6. The molecule has 59 heavy (non-hydrogen) atoms. The van der Waals surface area contributed by atoms with Crippen LogP contribution in [0.5, 0.6) is 0 Å². The zero-order chi connectivity index (χ0) is 42.2. The number of imidazole rings is 3. The van der Waals surface area contributed by atoms with E-state index in [2.05, 4.69) is 19.9 Å². The van der Waals surface area contributed by atoms with E-state index < -0.39 is 62.3 Å². The Morgan fingerprint density at radius 3 is 1.39 bits per heavy atom. The molecule has 24 heteroatoms. The topological polar surface area (TPSA) is 177 Å². The Morgan fingerprint density at radius 2 is 1.05 bits per heavy atom. The Morgan fingerprint density at radius 1 is 0.644 bits per heavy atom. The summed E-state index contributed by atoms with van der Waals surface area (Å²) in [5.41, 5.74) is 3.62. The van der Waals surface area contributed by atoms with Gasteiger partial charge in [0.15, 0.2) is 0 Å². The molecule has 0 radical (unpaired) electrons. The van der Waals surface area contributed by atoms with Gasteiger partial charge >= 0.3 is 18.5 Å². The van der Waals surface area contributed by atoms with Gasteiger partial charge in [0.1, 0.15) is 5.82 Å². The normalized spacial score (nSPS) is 10.7. The van der Waals surface area contributed by atoms with E-state index in [9.17, 15) is 64.1 Å². The van der Waals surface area contributed by atoms with Crippen molar-refractivity contribution < 1.29 is 53.8 Å². The summed E-state index contributed by atoms with van der Waals surface area (Å²) in [6.07, 6.45) is -4.52. The van der Waals surface area contributed by atoms with Crippen LogP contribution in [-0.4, -0.2) is 38.9 Å². The molecule has 3 N–H and O–H groups in total. The highest BCUT2D eigenvalue weighted by Crippen LogP contribution is 2.35. The SMILES string of the molecule is C.C.Cc1cn(-c2cc(N)cc(C(F)(F)F)c2)cn1.Cc1cn(-c2cc([N+](=O)[O-])cc(C(F)(F)F)c2)cn1.Cc1cnc[nH]1.I.O=[N+]([O-])c1cc(F)cc(C(F)(F)F)c1. The number of nitrogens with zero attached hydrogens (tertiary/aromatic N) is 7. The predicted molar refractivity (Wildman–Crippen MR) is 208 cm³/mol. The number of hydrogen-bond acceptors (Lipinski definition) is 8. The molecule has 3 aromatic carbocycles. The van der Waals surface area contributed by atoms with Crippen molar-refractivity contribution in [1.82, 2.24) is 29.1 Å². The van der Waals surface area contributed by atoms with Crippen LogP contribution < -0.4 is 5.73 Å². The molecule has 0 aliphatic heterocycles. The first kappa shape index (κ1) is 52.9. The van der Waals surface area contributed by atoms with Crippen LogP contribution in [0.4, 0.5) is 61.0 Å². The van der Waals surface area contributed by atoms with E-state index in [0.717, 1.165) is 35.7 Å². The van der Waals surface area contributed by atoms with Gasteiger partial charge in [0.2, 0.25) is 0 Å². The highest BCUT2D eigenvalue weighted by Gasteiger charge is 2.34. The van der Waals surface area contributed by atoms with Crippen LogP contribution in [-0.2, 0) is 18.5 Å². The molecule has 3 heterocycles. The van der Waals surface area contributed by atoms with Crippen molar-refractivity contribution in [2.75, 3.05) is 5.73 Å². The maximum Gasteiger partial charge on any atom is 0.416 e. The summed E-state index contributed by atoms with van der Waals surface area (Å²) < 4.78 is 127. The number of nitro groups is 2. The second-order valence-corrected chi connectivity index (χ2v) is 11.3. The van der Waals surface area contributed by atoms with Crippen molar-refractivity contribution in [1.29, 1.82) is 0 Å². The fourth-order valence-electron chi connectivity index (χ4n) is 4.25. The van der Waals surface area contributed by atoms with Crippen molar-refractivity contribution in [3.8, 4) is 11.4 Å². The highest BCUT2D eigenvalue weighted by molar-refractivity contribution is 14.0. The lowest BCUT2D eigenvalue weighted by Gasteiger charge is -2.10. The van der Waals surface area contributed by atoms with E-state index in [4.69, 9.17) is 5.73 Å². The maximum absolute atomic E-state index is 12.7. The van der Waals surface area contributed by atoms with Gasteiger partial charge in [-0.15, -0.1) is 24.0 Å². The number of H-pyrrole nitrogens is 1. The standard InChI is InChI=1S/C11H8F3N3O2.C11H10F3N3.C7H3F4NO2.C4H6N2.2CH4.HI/c1-7-5-16(6-15-7)9-2-8(11(12,13)14)3-10(4-9)17(18)19;1-7-5-17(6-16-7)10-3-8(11(12,13)14)2-9(15)4-10;8-5-1-4(7(9,10)11)2-6(3-5)12(13)14;1-4-2-5-3-6-4;;;/h2-6H,1H3;2-6H,15H2,1H3;1-3H;2-3H,1H3,(H,5,6);2*1H4;1H. The second-order valence-electron chi connectivity index (χ2n) is 11.3. The fraction of sp³-hybridized carbons (Fsp3) is 0.229. The van der Waals surface area contributed by atoms with Crippen LogP contribution in [0.3, 0.4) is 0 Å². The number of aromatic amines is 1. The Balaban J connectivity index is 0.000000785. The smallest absolute Gasteiger partial charge is 0.399 e. The van der Waals surface area contributed by atoms with Gasteiger partial charge in [-0.05, 0) is 51.1 Å². The van der Waals surface area contributed by atoms with Crippen molar-refractivity contribution in [3.63, 3.8) is 0 Å². The van der Waals surface area contributed by atoms with Crippen molar-refractivity contribution in [2.45, 2.75) is 54.2 Å². The van der Waals surface area contributed by atoms with Gasteiger partial charge in [0.25, 0.3) is 11.4 Å². The molecule has 6 rings (SSSR count). The summed E-state index contributed by atoms with van der Waals surface area (Å²) in [6, 6.07) is 6.74. The number of nitrogens with one attached hydrogen (secondary N) is 1. The lowest BCUT2D eigenvalue weighted by Crippen LogP contribution is -2.07. The first-order valence-electron chi connectivity index (χ1n) is 15.2. The van der Waals surface area contributed by atoms with E-state index in [1.54, 1.807) is 32.6 Å². The molecule has 0 amide bonds. The zero-order valence-corrected chi connectivity index (χ0v) is 31.5. The number of anilines is 1. The Kier molecular flexibility index (Phi) is 19.4. The van der Waals surface area contributed by atoms with E-state index in [1.165, 1.54) is 34.1 Å². The van der Waals surface area contributed by atoms with E-state index in [1.807, 2.05) is 6.92 Å². The molecule has 0 saturated heterocycles. The molecular weight excluding hydrogens is 927 g/mol. The number of hydrogen-bond donors (Lipinski definition) is 2. The Hall–Kier alpha value is -6.08. The van der Waals surface area contributed by atoms with Crippen LogP contribution in [0.1, 0.15) is 48.6 Å². The molecule has 0 aliphatic carbocycles. The number of rotatable bonds is 4. The van der Waals surface area contributed by atoms with Crippen molar-refractivity contribution >= 4 is 41.0 Å². The van der Waals surface area contributed by atoms with E-state index >= 15 is 0 Å². The number of aromatic nitrogens is 6. The van der Waals surface area contributed by atoms with Gasteiger partial charge in [0, 0.05) is 53.9 Å². The van der Waals surface area contributed by atoms with Crippen molar-refractivity contribution in [2.24, 2.45) is 0 Å². The summed E-state index contributed by atoms with van der Waals surface area (Å²) in [5.74, 6) is -1.29. The fourth-order valence-corrected chi connectivity index (χ4v) is 4.25. The number of halogens is 11. The van der Waals surface area contributed by atoms with Crippen LogP contribution >= 0.6 is 24.0 Å². The van der Waals surface area contributed by atoms with Crippen LogP contribution in [0.25, 0.3) is 11.4 Å². The lowest BCUT2D eigenvalue weighted by molar-refractivity contribution is -0.385. The molecular formula is C35H36F10IN9O4. The molecule has 13 nitrogen and oxygen atoms in total. The van der Waals surface area contributed by atoms with Gasteiger partial charge in [0.05, 0.1) is 68.7 Å². The minimum Gasteiger partial charge on any atom is -0.399 e. The van der Waals surface area contributed by atoms with Gasteiger partial charge in [-0.25, -0.2) is 19.3 Å². The molecule has 322 valence electrons. The molecule has 0 bridgehead atoms. The quantitative estimate of drug-likeness (QED) is 0.0576. The minimum absolute atomic E-state index is 0.